The number of benzene rings is 3. The number of halogens is 5. The molecule has 9 nitrogen and oxygen atoms in total. The number of fused-ring (bicyclic) bond motifs is 1. The molecule has 1 N–H and O–H groups in total. The molecule has 0 spiro atoms. The average Bonchev–Trinajstić information content (AvgIpc) is 3.45. The third-order valence-electron chi connectivity index (χ3n) is 8.99. The monoisotopic (exact) mass is 735 g/mol. The number of aromatic nitrogens is 2. The van der Waals surface area contributed by atoms with E-state index in [0.717, 1.165) is 55.5 Å². The molecule has 3 aromatic carbocycles. The number of nitrogens with zero attached hydrogens (tertiary/aromatic N) is 4. The summed E-state index contributed by atoms with van der Waals surface area (Å²) in [5.41, 5.74) is 3.05. The molecule has 4 aromatic rings. The van der Waals surface area contributed by atoms with E-state index < -0.39 is 12.8 Å². The Bertz CT molecular complexity index is 1750. The lowest BCUT2D eigenvalue weighted by atomic mass is 9.94. The molecule has 5 rings (SSSR count). The highest BCUT2D eigenvalue weighted by molar-refractivity contribution is 6.42. The fraction of sp³-hybridized carbons (Fsp3) is 0.444. The van der Waals surface area contributed by atoms with Crippen molar-refractivity contribution in [3.05, 3.63) is 81.8 Å². The van der Waals surface area contributed by atoms with Gasteiger partial charge in [-0.25, -0.2) is 4.98 Å². The maximum absolute atomic E-state index is 13.6. The summed E-state index contributed by atoms with van der Waals surface area (Å²) in [6, 6.07) is 18.5. The van der Waals surface area contributed by atoms with Crippen LogP contribution in [0.25, 0.3) is 11.0 Å². The van der Waals surface area contributed by atoms with Gasteiger partial charge in [0.15, 0.2) is 0 Å². The number of likely N-dealkylation sites (N-methyl/N-ethyl adjacent to an activating group) is 1. The lowest BCUT2D eigenvalue weighted by molar-refractivity contribution is -0.174. The van der Waals surface area contributed by atoms with Crippen molar-refractivity contribution in [1.29, 1.82) is 0 Å². The molecule has 1 amide bonds. The van der Waals surface area contributed by atoms with E-state index in [4.69, 9.17) is 42.4 Å². The second kappa shape index (κ2) is 17.0. The van der Waals surface area contributed by atoms with Crippen LogP contribution in [0.4, 0.5) is 19.1 Å². The van der Waals surface area contributed by atoms with Gasteiger partial charge in [0.2, 0.25) is 5.95 Å². The molecule has 14 heteroatoms. The van der Waals surface area contributed by atoms with E-state index >= 15 is 0 Å². The van der Waals surface area contributed by atoms with Gasteiger partial charge in [-0.1, -0.05) is 41.4 Å². The number of carbonyl (C=O) groups excluding carboxylic acids is 1. The predicted octanol–water partition coefficient (Wildman–Crippen LogP) is 7.76. The number of para-hydroxylation sites is 2. The lowest BCUT2D eigenvalue weighted by Crippen LogP contribution is -2.40. The van der Waals surface area contributed by atoms with Gasteiger partial charge in [0, 0.05) is 51.3 Å². The SMILES string of the molecule is COc1ccc(C(=O)N(C)CC(CCN2CCC(Nc3nc4ccccc4n3CCOCC(F)(F)F)CC2)c2ccc(Cl)c(Cl)c2)c(OC)c1. The summed E-state index contributed by atoms with van der Waals surface area (Å²) < 4.78 is 55.4. The Morgan fingerprint density at radius 3 is 2.48 bits per heavy atom. The van der Waals surface area contributed by atoms with Gasteiger partial charge in [0.05, 0.1) is 47.5 Å². The number of hydrogen-bond donors (Lipinski definition) is 1. The number of imidazole rings is 1. The van der Waals surface area contributed by atoms with E-state index in [9.17, 15) is 18.0 Å². The predicted molar refractivity (Wildman–Crippen MR) is 190 cm³/mol. The van der Waals surface area contributed by atoms with Gasteiger partial charge < -0.3 is 33.9 Å². The van der Waals surface area contributed by atoms with Crippen LogP contribution in [0, 0.1) is 0 Å². The largest absolute Gasteiger partial charge is 0.497 e. The molecule has 1 atom stereocenters. The van der Waals surface area contributed by atoms with Crippen molar-refractivity contribution in [1.82, 2.24) is 19.4 Å². The Morgan fingerprint density at radius 2 is 1.78 bits per heavy atom. The zero-order valence-corrected chi connectivity index (χ0v) is 29.8. The summed E-state index contributed by atoms with van der Waals surface area (Å²) in [5.74, 6) is 1.48. The number of alkyl halides is 3. The topological polar surface area (TPSA) is 81.1 Å². The maximum Gasteiger partial charge on any atom is 0.411 e. The van der Waals surface area contributed by atoms with Gasteiger partial charge in [-0.2, -0.15) is 13.2 Å². The average molecular weight is 737 g/mol. The fourth-order valence-electron chi connectivity index (χ4n) is 6.30. The minimum atomic E-state index is -4.37. The number of hydrogen-bond acceptors (Lipinski definition) is 7. The Hall–Kier alpha value is -3.71. The highest BCUT2D eigenvalue weighted by Gasteiger charge is 2.28. The number of rotatable bonds is 15. The van der Waals surface area contributed by atoms with Crippen LogP contribution in [0.1, 0.15) is 41.1 Å². The summed E-state index contributed by atoms with van der Waals surface area (Å²) in [4.78, 5) is 22.4. The van der Waals surface area contributed by atoms with Crippen LogP contribution in [-0.2, 0) is 11.3 Å². The lowest BCUT2D eigenvalue weighted by Gasteiger charge is -2.34. The fourth-order valence-corrected chi connectivity index (χ4v) is 6.61. The molecule has 1 saturated heterocycles. The minimum absolute atomic E-state index is 0.0155. The van der Waals surface area contributed by atoms with Crippen molar-refractivity contribution >= 4 is 46.1 Å². The molecule has 0 bridgehead atoms. The number of piperidine rings is 1. The minimum Gasteiger partial charge on any atom is -0.497 e. The van der Waals surface area contributed by atoms with E-state index in [0.29, 0.717) is 39.6 Å². The second-order valence-electron chi connectivity index (χ2n) is 12.4. The van der Waals surface area contributed by atoms with Gasteiger partial charge >= 0.3 is 6.18 Å². The van der Waals surface area contributed by atoms with Crippen LogP contribution >= 0.6 is 23.2 Å². The van der Waals surface area contributed by atoms with Crippen LogP contribution in [0.15, 0.2) is 60.7 Å². The molecule has 50 heavy (non-hydrogen) atoms. The number of likely N-dealkylation sites (tertiary alicyclic amines) is 1. The number of anilines is 1. The van der Waals surface area contributed by atoms with E-state index in [1.54, 1.807) is 43.3 Å². The van der Waals surface area contributed by atoms with Crippen molar-refractivity contribution < 1.29 is 32.2 Å². The van der Waals surface area contributed by atoms with Crippen LogP contribution in [0.3, 0.4) is 0 Å². The summed E-state index contributed by atoms with van der Waals surface area (Å²) >= 11 is 12.7. The van der Waals surface area contributed by atoms with E-state index in [-0.39, 0.29) is 31.0 Å². The number of nitrogens with one attached hydrogen (secondary N) is 1. The molecule has 2 heterocycles. The maximum atomic E-state index is 13.6. The Morgan fingerprint density at radius 1 is 1.02 bits per heavy atom. The Balaban J connectivity index is 1.21. The van der Waals surface area contributed by atoms with Crippen molar-refractivity contribution in [2.45, 2.75) is 43.9 Å². The quantitative estimate of drug-likeness (QED) is 0.125. The van der Waals surface area contributed by atoms with Crippen molar-refractivity contribution in [2.24, 2.45) is 0 Å². The summed E-state index contributed by atoms with van der Waals surface area (Å²) in [6.07, 6.45) is -1.87. The normalized spacial score (nSPS) is 14.9. The van der Waals surface area contributed by atoms with Crippen LogP contribution in [0.5, 0.6) is 11.5 Å². The summed E-state index contributed by atoms with van der Waals surface area (Å²) in [7, 11) is 4.87. The number of amides is 1. The van der Waals surface area contributed by atoms with Gasteiger partial charge in [0.25, 0.3) is 5.91 Å². The molecular weight excluding hydrogens is 694 g/mol. The van der Waals surface area contributed by atoms with Crippen LogP contribution < -0.4 is 14.8 Å². The van der Waals surface area contributed by atoms with Crippen molar-refractivity contribution in [2.75, 3.05) is 66.0 Å². The highest BCUT2D eigenvalue weighted by Crippen LogP contribution is 2.31. The molecule has 270 valence electrons. The summed E-state index contributed by atoms with van der Waals surface area (Å²) in [6.45, 7) is 1.83. The molecule has 0 aliphatic carbocycles. The molecule has 0 saturated carbocycles. The molecule has 1 fully saturated rings. The Kier molecular flexibility index (Phi) is 12.8. The molecule has 1 unspecified atom stereocenters. The van der Waals surface area contributed by atoms with Gasteiger partial charge in [-0.15, -0.1) is 0 Å². The van der Waals surface area contributed by atoms with Gasteiger partial charge in [-0.3, -0.25) is 4.79 Å². The van der Waals surface area contributed by atoms with Crippen LogP contribution in [0.2, 0.25) is 10.0 Å². The first-order chi connectivity index (χ1) is 24.0. The molecule has 0 radical (unpaired) electrons. The van der Waals surface area contributed by atoms with Gasteiger partial charge in [-0.05, 0) is 67.8 Å². The highest BCUT2D eigenvalue weighted by atomic mass is 35.5. The van der Waals surface area contributed by atoms with Crippen LogP contribution in [-0.4, -0.2) is 98.1 Å². The third kappa shape index (κ3) is 9.74. The number of ether oxygens (including phenoxy) is 3. The van der Waals surface area contributed by atoms with Gasteiger partial charge in [0.1, 0.15) is 18.1 Å². The van der Waals surface area contributed by atoms with Crippen molar-refractivity contribution in [3.8, 4) is 11.5 Å². The summed E-state index contributed by atoms with van der Waals surface area (Å²) in [5, 5.41) is 4.48. The zero-order chi connectivity index (χ0) is 35.8. The molecule has 1 aliphatic heterocycles. The first-order valence-electron chi connectivity index (χ1n) is 16.5. The smallest absolute Gasteiger partial charge is 0.411 e. The van der Waals surface area contributed by atoms with E-state index in [1.165, 1.54) is 7.11 Å². The van der Waals surface area contributed by atoms with Crippen molar-refractivity contribution in [3.63, 3.8) is 0 Å². The molecule has 1 aliphatic rings. The molecule has 1 aromatic heterocycles. The number of methoxy groups -OCH3 is 2. The van der Waals surface area contributed by atoms with E-state index in [1.807, 2.05) is 41.0 Å². The second-order valence-corrected chi connectivity index (χ2v) is 13.2. The Labute approximate surface area is 300 Å². The molecular formula is C36H42Cl2F3N5O4. The third-order valence-corrected chi connectivity index (χ3v) is 9.73. The standard InChI is InChI=1S/C36H42Cl2F3N5O4/c1-44(34(47)28-10-9-27(48-2)21-33(28)49-3)22-25(24-8-11-29(37)30(38)20-24)12-15-45-16-13-26(14-17-45)42-35-43-31-6-4-5-7-32(31)46(35)18-19-50-23-36(39,40)41/h4-11,20-21,25-26H,12-19,22-23H2,1-3H3,(H,42,43). The first kappa shape index (κ1) is 37.5. The van der Waals surface area contributed by atoms with E-state index in [2.05, 4.69) is 10.2 Å². The number of carbonyl (C=O) groups is 1. The zero-order valence-electron chi connectivity index (χ0n) is 28.3. The first-order valence-corrected chi connectivity index (χ1v) is 17.2.